The minimum absolute atomic E-state index is 0.0740. The van der Waals surface area contributed by atoms with Gasteiger partial charge in [0.1, 0.15) is 13.2 Å². The maximum absolute atomic E-state index is 12.8. The number of carbonyl (C=O) groups is 3. The van der Waals surface area contributed by atoms with E-state index in [2.05, 4.69) is 93.7 Å². The van der Waals surface area contributed by atoms with Crippen molar-refractivity contribution in [3.63, 3.8) is 0 Å². The molecule has 0 spiro atoms. The summed E-state index contributed by atoms with van der Waals surface area (Å²) in [5.74, 6) is -0.876. The highest BCUT2D eigenvalue weighted by molar-refractivity contribution is 5.71. The fourth-order valence-electron chi connectivity index (χ4n) is 8.82. The van der Waals surface area contributed by atoms with Crippen LogP contribution in [-0.2, 0) is 28.6 Å². The Morgan fingerprint density at radius 3 is 0.875 bits per heavy atom. The fraction of sp³-hybridized carbons (Fsp3) is 0.773. The molecule has 416 valence electrons. The molecule has 0 saturated heterocycles. The zero-order chi connectivity index (χ0) is 52.2. The molecule has 0 aromatic heterocycles. The quantitative estimate of drug-likeness (QED) is 0.0261. The van der Waals surface area contributed by atoms with E-state index in [-0.39, 0.29) is 31.1 Å². The predicted molar refractivity (Wildman–Crippen MR) is 311 cm³/mol. The van der Waals surface area contributed by atoms with Gasteiger partial charge in [-0.2, -0.15) is 0 Å². The van der Waals surface area contributed by atoms with E-state index in [4.69, 9.17) is 14.2 Å². The molecular formula is C66H116O6. The minimum atomic E-state index is -0.773. The Balaban J connectivity index is 4.04. The fourth-order valence-corrected chi connectivity index (χ4v) is 8.82. The molecule has 1 atom stereocenters. The number of esters is 3. The lowest BCUT2D eigenvalue weighted by Crippen LogP contribution is -2.30. The molecule has 0 aromatic carbocycles. The third-order valence-electron chi connectivity index (χ3n) is 13.4. The van der Waals surface area contributed by atoms with Gasteiger partial charge in [0.2, 0.25) is 0 Å². The van der Waals surface area contributed by atoms with E-state index in [1.807, 2.05) is 0 Å². The topological polar surface area (TPSA) is 78.9 Å². The third kappa shape index (κ3) is 57.7. The smallest absolute Gasteiger partial charge is 0.306 e. The zero-order valence-electron chi connectivity index (χ0n) is 47.7. The minimum Gasteiger partial charge on any atom is -0.462 e. The molecule has 0 fully saturated rings. The molecule has 0 aromatic rings. The summed E-state index contributed by atoms with van der Waals surface area (Å²) < 4.78 is 16.8. The summed E-state index contributed by atoms with van der Waals surface area (Å²) in [4.78, 5) is 38.0. The number of carbonyl (C=O) groups excluding carboxylic acids is 3. The van der Waals surface area contributed by atoms with E-state index in [1.165, 1.54) is 180 Å². The Bertz CT molecular complexity index is 1340. The Hall–Kier alpha value is -3.15. The lowest BCUT2D eigenvalue weighted by Gasteiger charge is -2.18. The monoisotopic (exact) mass is 1000 g/mol. The molecule has 0 N–H and O–H groups in total. The number of rotatable bonds is 56. The first-order valence-corrected chi connectivity index (χ1v) is 30.9. The van der Waals surface area contributed by atoms with Crippen molar-refractivity contribution in [1.29, 1.82) is 0 Å². The molecule has 0 aliphatic heterocycles. The van der Waals surface area contributed by atoms with Gasteiger partial charge < -0.3 is 14.2 Å². The van der Waals surface area contributed by atoms with Gasteiger partial charge in [-0.3, -0.25) is 14.4 Å². The second kappa shape index (κ2) is 60.4. The van der Waals surface area contributed by atoms with Gasteiger partial charge in [0.15, 0.2) is 6.10 Å². The van der Waals surface area contributed by atoms with Crippen LogP contribution < -0.4 is 0 Å². The van der Waals surface area contributed by atoms with Gasteiger partial charge in [-0.25, -0.2) is 0 Å². The van der Waals surface area contributed by atoms with Crippen LogP contribution in [0.1, 0.15) is 310 Å². The molecule has 6 nitrogen and oxygen atoms in total. The Labute approximate surface area is 446 Å². The van der Waals surface area contributed by atoms with Gasteiger partial charge in [-0.1, -0.05) is 273 Å². The van der Waals surface area contributed by atoms with Crippen molar-refractivity contribution >= 4 is 17.9 Å². The van der Waals surface area contributed by atoms with Gasteiger partial charge in [0.05, 0.1) is 0 Å². The van der Waals surface area contributed by atoms with Crippen LogP contribution in [0.25, 0.3) is 0 Å². The van der Waals surface area contributed by atoms with E-state index >= 15 is 0 Å². The molecule has 1 unspecified atom stereocenters. The normalized spacial score (nSPS) is 12.5. The number of hydrogen-bond acceptors (Lipinski definition) is 6. The highest BCUT2D eigenvalue weighted by Crippen LogP contribution is 2.17. The standard InChI is InChI=1S/C66H116O6/c1-4-7-10-13-16-18-20-22-24-26-28-29-30-31-32-33-34-35-36-37-39-40-42-44-46-48-50-53-56-59-65(68)71-62-63(61-70-64(67)58-55-52-15-12-9-6-3)72-66(69)60-57-54-51-49-47-45-43-41-38-27-25-23-21-19-17-14-11-8-5-2/h7,10,16-19,22-25,28-29,63H,4-6,8-9,11-15,20-21,26-27,30-62H2,1-3H3/b10-7-,18-16-,19-17-,24-22-,25-23-,29-28-. The number of allylic oxidation sites excluding steroid dienone is 12. The summed E-state index contributed by atoms with van der Waals surface area (Å²) in [6.45, 7) is 6.47. The first-order chi connectivity index (χ1) is 35.5. The van der Waals surface area contributed by atoms with Crippen LogP contribution in [0.15, 0.2) is 72.9 Å². The van der Waals surface area contributed by atoms with Gasteiger partial charge in [0, 0.05) is 19.3 Å². The molecule has 0 heterocycles. The van der Waals surface area contributed by atoms with Crippen LogP contribution in [0.3, 0.4) is 0 Å². The van der Waals surface area contributed by atoms with Crippen LogP contribution in [0.4, 0.5) is 0 Å². The Kier molecular flexibility index (Phi) is 57.8. The van der Waals surface area contributed by atoms with Crippen LogP contribution in [0, 0.1) is 0 Å². The highest BCUT2D eigenvalue weighted by Gasteiger charge is 2.19. The molecule has 0 bridgehead atoms. The van der Waals surface area contributed by atoms with Gasteiger partial charge in [0.25, 0.3) is 0 Å². The summed E-state index contributed by atoms with van der Waals surface area (Å²) in [6.07, 6.45) is 78.0. The number of unbranched alkanes of at least 4 members (excludes halogenated alkanes) is 33. The maximum Gasteiger partial charge on any atom is 0.306 e. The lowest BCUT2D eigenvalue weighted by atomic mass is 10.0. The van der Waals surface area contributed by atoms with Gasteiger partial charge in [-0.15, -0.1) is 0 Å². The summed E-state index contributed by atoms with van der Waals surface area (Å²) in [7, 11) is 0. The Morgan fingerprint density at radius 1 is 0.292 bits per heavy atom. The Morgan fingerprint density at radius 2 is 0.542 bits per heavy atom. The lowest BCUT2D eigenvalue weighted by molar-refractivity contribution is -0.167. The van der Waals surface area contributed by atoms with E-state index < -0.39 is 6.10 Å². The van der Waals surface area contributed by atoms with E-state index in [9.17, 15) is 14.4 Å². The zero-order valence-corrected chi connectivity index (χ0v) is 47.7. The van der Waals surface area contributed by atoms with Crippen molar-refractivity contribution in [2.24, 2.45) is 0 Å². The molecular weight excluding hydrogens is 889 g/mol. The summed E-state index contributed by atoms with van der Waals surface area (Å²) >= 11 is 0. The number of hydrogen-bond donors (Lipinski definition) is 0. The molecule has 72 heavy (non-hydrogen) atoms. The second-order valence-corrected chi connectivity index (χ2v) is 20.6. The average molecular weight is 1010 g/mol. The van der Waals surface area contributed by atoms with Crippen LogP contribution in [-0.4, -0.2) is 37.2 Å². The number of ether oxygens (including phenoxy) is 3. The van der Waals surface area contributed by atoms with E-state index in [0.717, 1.165) is 89.9 Å². The van der Waals surface area contributed by atoms with Crippen LogP contribution >= 0.6 is 0 Å². The molecule has 0 saturated carbocycles. The molecule has 6 heteroatoms. The van der Waals surface area contributed by atoms with Crippen molar-refractivity contribution in [1.82, 2.24) is 0 Å². The van der Waals surface area contributed by atoms with Crippen LogP contribution in [0.5, 0.6) is 0 Å². The second-order valence-electron chi connectivity index (χ2n) is 20.6. The molecule has 0 amide bonds. The van der Waals surface area contributed by atoms with E-state index in [1.54, 1.807) is 0 Å². The third-order valence-corrected chi connectivity index (χ3v) is 13.4. The van der Waals surface area contributed by atoms with Crippen molar-refractivity contribution in [2.45, 2.75) is 316 Å². The first kappa shape index (κ1) is 68.8. The maximum atomic E-state index is 12.8. The average Bonchev–Trinajstić information content (AvgIpc) is 3.38. The van der Waals surface area contributed by atoms with E-state index in [0.29, 0.717) is 19.3 Å². The summed E-state index contributed by atoms with van der Waals surface area (Å²) in [5.41, 5.74) is 0. The molecule has 0 aliphatic rings. The van der Waals surface area contributed by atoms with Gasteiger partial charge in [-0.05, 0) is 89.9 Å². The summed E-state index contributed by atoms with van der Waals surface area (Å²) in [5, 5.41) is 0. The highest BCUT2D eigenvalue weighted by atomic mass is 16.6. The van der Waals surface area contributed by atoms with Crippen molar-refractivity contribution < 1.29 is 28.6 Å². The molecule has 0 radical (unpaired) electrons. The summed E-state index contributed by atoms with van der Waals surface area (Å²) in [6, 6.07) is 0. The van der Waals surface area contributed by atoms with Crippen molar-refractivity contribution in [2.75, 3.05) is 13.2 Å². The molecule has 0 aliphatic carbocycles. The van der Waals surface area contributed by atoms with Crippen molar-refractivity contribution in [3.05, 3.63) is 72.9 Å². The van der Waals surface area contributed by atoms with Crippen LogP contribution in [0.2, 0.25) is 0 Å². The first-order valence-electron chi connectivity index (χ1n) is 30.9. The largest absolute Gasteiger partial charge is 0.462 e. The predicted octanol–water partition coefficient (Wildman–Crippen LogP) is 20.9. The van der Waals surface area contributed by atoms with Gasteiger partial charge >= 0.3 is 17.9 Å². The SMILES string of the molecule is CC/C=C\C/C=C\C/C=C\C/C=C\CCCCCCCCCCCCCCCCCCC(=O)OCC(COC(=O)CCCCCCCC)OC(=O)CCCCCCCCCCC/C=C\C/C=C\CCCCC. The molecule has 0 rings (SSSR count). The van der Waals surface area contributed by atoms with Crippen molar-refractivity contribution in [3.8, 4) is 0 Å².